The van der Waals surface area contributed by atoms with Gasteiger partial charge in [0.05, 0.1) is 0 Å². The van der Waals surface area contributed by atoms with E-state index in [9.17, 15) is 4.39 Å². The highest BCUT2D eigenvalue weighted by atomic mass is 19.1. The van der Waals surface area contributed by atoms with Gasteiger partial charge in [-0.05, 0) is 38.1 Å². The predicted molar refractivity (Wildman–Crippen MR) is 87.0 cm³/mol. The zero-order chi connectivity index (χ0) is 15.7. The van der Waals surface area contributed by atoms with Crippen molar-refractivity contribution in [2.75, 3.05) is 27.2 Å². The Morgan fingerprint density at radius 2 is 2.14 bits per heavy atom. The molecule has 0 saturated heterocycles. The molecule has 0 fully saturated rings. The highest BCUT2D eigenvalue weighted by molar-refractivity contribution is 5.79. The smallest absolute Gasteiger partial charge is 0.191 e. The number of hydrogen-bond acceptors (Lipinski definition) is 2. The van der Waals surface area contributed by atoms with E-state index in [0.717, 1.165) is 31.0 Å². The van der Waals surface area contributed by atoms with Crippen LogP contribution in [-0.4, -0.2) is 44.1 Å². The molecule has 0 aromatic heterocycles. The van der Waals surface area contributed by atoms with E-state index in [2.05, 4.69) is 41.4 Å². The van der Waals surface area contributed by atoms with Crippen LogP contribution in [0.3, 0.4) is 0 Å². The van der Waals surface area contributed by atoms with Crippen molar-refractivity contribution in [3.8, 4) is 0 Å². The van der Waals surface area contributed by atoms with Gasteiger partial charge in [0, 0.05) is 32.7 Å². The van der Waals surface area contributed by atoms with Crippen LogP contribution in [0.4, 0.5) is 4.39 Å². The molecule has 2 N–H and O–H groups in total. The highest BCUT2D eigenvalue weighted by Crippen LogP contribution is 2.02. The molecule has 21 heavy (non-hydrogen) atoms. The van der Waals surface area contributed by atoms with Gasteiger partial charge >= 0.3 is 0 Å². The molecule has 0 bridgehead atoms. The Hall–Kier alpha value is -1.62. The van der Waals surface area contributed by atoms with Crippen molar-refractivity contribution < 1.29 is 4.39 Å². The van der Waals surface area contributed by atoms with Crippen molar-refractivity contribution in [2.24, 2.45) is 4.99 Å². The van der Waals surface area contributed by atoms with Gasteiger partial charge in [-0.25, -0.2) is 4.39 Å². The summed E-state index contributed by atoms with van der Waals surface area (Å²) >= 11 is 0. The number of guanidine groups is 1. The fourth-order valence-corrected chi connectivity index (χ4v) is 1.94. The maximum Gasteiger partial charge on any atom is 0.191 e. The van der Waals surface area contributed by atoms with Gasteiger partial charge in [0.25, 0.3) is 0 Å². The van der Waals surface area contributed by atoms with Crippen molar-refractivity contribution in [2.45, 2.75) is 32.9 Å². The van der Waals surface area contributed by atoms with Crippen molar-refractivity contribution in [1.29, 1.82) is 0 Å². The van der Waals surface area contributed by atoms with Crippen LogP contribution in [0.2, 0.25) is 0 Å². The summed E-state index contributed by atoms with van der Waals surface area (Å²) in [5.41, 5.74) is 0.898. The van der Waals surface area contributed by atoms with E-state index < -0.39 is 0 Å². The molecule has 0 aliphatic carbocycles. The minimum atomic E-state index is -0.215. The van der Waals surface area contributed by atoms with Gasteiger partial charge in [0.2, 0.25) is 0 Å². The summed E-state index contributed by atoms with van der Waals surface area (Å²) in [7, 11) is 3.86. The second kappa shape index (κ2) is 9.34. The van der Waals surface area contributed by atoms with Gasteiger partial charge in [-0.15, -0.1) is 0 Å². The minimum Gasteiger partial charge on any atom is -0.355 e. The number of aliphatic imine (C=N–C) groups is 1. The Morgan fingerprint density at radius 1 is 1.38 bits per heavy atom. The van der Waals surface area contributed by atoms with Crippen LogP contribution in [0, 0.1) is 5.82 Å². The molecule has 4 nitrogen and oxygen atoms in total. The molecule has 1 aromatic rings. The molecule has 0 aliphatic rings. The molecule has 118 valence electrons. The van der Waals surface area contributed by atoms with E-state index >= 15 is 0 Å². The third-order valence-electron chi connectivity index (χ3n) is 3.67. The zero-order valence-electron chi connectivity index (χ0n) is 13.5. The Morgan fingerprint density at radius 3 is 2.76 bits per heavy atom. The predicted octanol–water partition coefficient (Wildman–Crippen LogP) is 2.22. The van der Waals surface area contributed by atoms with E-state index in [1.54, 1.807) is 13.1 Å². The largest absolute Gasteiger partial charge is 0.355 e. The lowest BCUT2D eigenvalue weighted by Crippen LogP contribution is -2.42. The Balaban J connectivity index is 2.33. The first-order valence-electron chi connectivity index (χ1n) is 7.46. The van der Waals surface area contributed by atoms with Gasteiger partial charge in [-0.2, -0.15) is 0 Å². The molecule has 0 saturated carbocycles. The molecule has 0 spiro atoms. The lowest BCUT2D eigenvalue weighted by molar-refractivity contribution is 0.255. The van der Waals surface area contributed by atoms with Crippen LogP contribution in [0.15, 0.2) is 29.3 Å². The van der Waals surface area contributed by atoms with Crippen LogP contribution in [0.1, 0.15) is 25.8 Å². The van der Waals surface area contributed by atoms with Crippen LogP contribution in [-0.2, 0) is 6.54 Å². The number of likely N-dealkylation sites (N-methyl/N-ethyl adjacent to an activating group) is 1. The van der Waals surface area contributed by atoms with E-state index in [1.807, 2.05) is 6.07 Å². The third kappa shape index (κ3) is 6.58. The summed E-state index contributed by atoms with van der Waals surface area (Å²) in [5.74, 6) is 0.518. The standard InChI is InChI=1S/C16H27FN4/c1-5-13(2)21(4)10-9-19-16(18-3)20-12-14-7-6-8-15(17)11-14/h6-8,11,13H,5,9-10,12H2,1-4H3,(H2,18,19,20). The van der Waals surface area contributed by atoms with Crippen LogP contribution < -0.4 is 10.6 Å². The lowest BCUT2D eigenvalue weighted by Gasteiger charge is -2.24. The summed E-state index contributed by atoms with van der Waals surface area (Å²) < 4.78 is 13.1. The second-order valence-electron chi connectivity index (χ2n) is 5.22. The minimum absolute atomic E-state index is 0.215. The first-order valence-corrected chi connectivity index (χ1v) is 7.46. The maximum atomic E-state index is 13.1. The van der Waals surface area contributed by atoms with Crippen molar-refractivity contribution in [3.63, 3.8) is 0 Å². The first-order chi connectivity index (χ1) is 10.1. The van der Waals surface area contributed by atoms with Crippen molar-refractivity contribution >= 4 is 5.96 Å². The molecular weight excluding hydrogens is 267 g/mol. The molecule has 0 radical (unpaired) electrons. The molecule has 0 amide bonds. The second-order valence-corrected chi connectivity index (χ2v) is 5.22. The highest BCUT2D eigenvalue weighted by Gasteiger charge is 2.06. The van der Waals surface area contributed by atoms with Gasteiger partial charge in [0.1, 0.15) is 5.82 Å². The quantitative estimate of drug-likeness (QED) is 0.598. The number of halogens is 1. The SMILES string of the molecule is CCC(C)N(C)CCNC(=NC)NCc1cccc(F)c1. The topological polar surface area (TPSA) is 39.7 Å². The van der Waals surface area contributed by atoms with E-state index in [-0.39, 0.29) is 5.82 Å². The number of benzene rings is 1. The molecule has 1 aromatic carbocycles. The van der Waals surface area contributed by atoms with Crippen molar-refractivity contribution in [1.82, 2.24) is 15.5 Å². The van der Waals surface area contributed by atoms with Crippen LogP contribution in [0.5, 0.6) is 0 Å². The summed E-state index contributed by atoms with van der Waals surface area (Å²) in [6, 6.07) is 7.15. The summed E-state index contributed by atoms with van der Waals surface area (Å²) in [6.07, 6.45) is 1.14. The van der Waals surface area contributed by atoms with Crippen LogP contribution >= 0.6 is 0 Å². The normalized spacial score (nSPS) is 13.3. The van der Waals surface area contributed by atoms with Gasteiger partial charge in [-0.3, -0.25) is 4.99 Å². The van der Waals surface area contributed by atoms with Crippen LogP contribution in [0.25, 0.3) is 0 Å². The summed E-state index contributed by atoms with van der Waals surface area (Å²) in [4.78, 5) is 6.48. The average Bonchev–Trinajstić information content (AvgIpc) is 2.49. The summed E-state index contributed by atoms with van der Waals surface area (Å²) in [6.45, 7) is 6.74. The molecular formula is C16H27FN4. The summed E-state index contributed by atoms with van der Waals surface area (Å²) in [5, 5.41) is 6.45. The fraction of sp³-hybridized carbons (Fsp3) is 0.562. The van der Waals surface area contributed by atoms with Gasteiger partial charge in [0.15, 0.2) is 5.96 Å². The Kier molecular flexibility index (Phi) is 7.75. The molecule has 1 atom stereocenters. The van der Waals surface area contributed by atoms with E-state index in [0.29, 0.717) is 12.6 Å². The maximum absolute atomic E-state index is 13.1. The molecule has 1 rings (SSSR count). The number of nitrogens with zero attached hydrogens (tertiary/aromatic N) is 2. The lowest BCUT2D eigenvalue weighted by atomic mass is 10.2. The third-order valence-corrected chi connectivity index (χ3v) is 3.67. The Labute approximate surface area is 127 Å². The number of hydrogen-bond donors (Lipinski definition) is 2. The van der Waals surface area contributed by atoms with Crippen molar-refractivity contribution in [3.05, 3.63) is 35.6 Å². The molecule has 5 heteroatoms. The fourth-order valence-electron chi connectivity index (χ4n) is 1.94. The zero-order valence-corrected chi connectivity index (χ0v) is 13.5. The number of nitrogens with one attached hydrogen (secondary N) is 2. The number of rotatable bonds is 7. The average molecular weight is 294 g/mol. The van der Waals surface area contributed by atoms with E-state index in [4.69, 9.17) is 0 Å². The van der Waals surface area contributed by atoms with Gasteiger partial charge < -0.3 is 15.5 Å². The molecule has 0 heterocycles. The molecule has 0 aliphatic heterocycles. The monoisotopic (exact) mass is 294 g/mol. The molecule has 1 unspecified atom stereocenters. The Bertz CT molecular complexity index is 448. The first kappa shape index (κ1) is 17.4. The van der Waals surface area contributed by atoms with Gasteiger partial charge in [-0.1, -0.05) is 19.1 Å². The van der Waals surface area contributed by atoms with E-state index in [1.165, 1.54) is 12.1 Å².